The van der Waals surface area contributed by atoms with Gasteiger partial charge in [-0.1, -0.05) is 53.4 Å². The Morgan fingerprint density at radius 2 is 0.906 bits per heavy atom. The van der Waals surface area contributed by atoms with Gasteiger partial charge in [0.1, 0.15) is 0 Å². The lowest BCUT2D eigenvalue weighted by molar-refractivity contribution is 0.263. The van der Waals surface area contributed by atoms with Crippen LogP contribution in [0.25, 0.3) is 12.2 Å². The highest BCUT2D eigenvalue weighted by Crippen LogP contribution is 2.42. The fraction of sp³-hybridized carbons (Fsp3) is 0.615. The first-order valence-corrected chi connectivity index (χ1v) is 13.9. The molecule has 0 aliphatic rings. The van der Waals surface area contributed by atoms with Crippen LogP contribution >= 0.6 is 22.7 Å². The van der Waals surface area contributed by atoms with Crippen LogP contribution in [0.5, 0.6) is 23.0 Å². The van der Waals surface area contributed by atoms with E-state index in [2.05, 4.69) is 50.6 Å². The van der Waals surface area contributed by atoms with Crippen LogP contribution in [0, 0.1) is 0 Å². The zero-order valence-corrected chi connectivity index (χ0v) is 21.9. The highest BCUT2D eigenvalue weighted by Gasteiger charge is 2.16. The summed E-state index contributed by atoms with van der Waals surface area (Å²) in [6, 6.07) is 0. The molecule has 0 radical (unpaired) electrons. The molecule has 6 heteroatoms. The summed E-state index contributed by atoms with van der Waals surface area (Å²) in [5, 5.41) is 4.12. The lowest BCUT2D eigenvalue weighted by Gasteiger charge is -2.10. The van der Waals surface area contributed by atoms with E-state index in [1.807, 2.05) is 0 Å². The Balaban J connectivity index is 2.20. The number of ether oxygens (including phenoxy) is 4. The van der Waals surface area contributed by atoms with E-state index in [4.69, 9.17) is 18.9 Å². The highest BCUT2D eigenvalue weighted by atomic mass is 32.1. The van der Waals surface area contributed by atoms with Crippen molar-refractivity contribution in [1.82, 2.24) is 0 Å². The zero-order chi connectivity index (χ0) is 23.0. The molecule has 0 aliphatic heterocycles. The first-order chi connectivity index (χ1) is 15.7. The van der Waals surface area contributed by atoms with Crippen LogP contribution in [0.1, 0.15) is 88.8 Å². The van der Waals surface area contributed by atoms with Crippen molar-refractivity contribution in [2.75, 3.05) is 26.4 Å². The van der Waals surface area contributed by atoms with Gasteiger partial charge in [-0.2, -0.15) is 0 Å². The summed E-state index contributed by atoms with van der Waals surface area (Å²) < 4.78 is 24.3. The van der Waals surface area contributed by atoms with Crippen molar-refractivity contribution in [1.29, 1.82) is 0 Å². The molecule has 0 fully saturated rings. The van der Waals surface area contributed by atoms with Crippen molar-refractivity contribution in [3.63, 3.8) is 0 Å². The number of thiophene rings is 2. The maximum absolute atomic E-state index is 6.13. The van der Waals surface area contributed by atoms with Crippen molar-refractivity contribution in [2.45, 2.75) is 79.1 Å². The van der Waals surface area contributed by atoms with Gasteiger partial charge in [-0.3, -0.25) is 0 Å². The van der Waals surface area contributed by atoms with E-state index in [0.717, 1.165) is 97.3 Å². The molecular weight excluding hydrogens is 440 g/mol. The van der Waals surface area contributed by atoms with E-state index in [-0.39, 0.29) is 0 Å². The van der Waals surface area contributed by atoms with E-state index >= 15 is 0 Å². The van der Waals surface area contributed by atoms with Gasteiger partial charge in [0.05, 0.1) is 36.2 Å². The maximum atomic E-state index is 6.13. The number of hydrogen-bond donors (Lipinski definition) is 0. The van der Waals surface area contributed by atoms with Crippen molar-refractivity contribution in [2.24, 2.45) is 0 Å². The summed E-state index contributed by atoms with van der Waals surface area (Å²) in [7, 11) is 0. The van der Waals surface area contributed by atoms with Crippen LogP contribution in [-0.2, 0) is 0 Å². The molecule has 0 atom stereocenters. The van der Waals surface area contributed by atoms with Crippen molar-refractivity contribution < 1.29 is 18.9 Å². The van der Waals surface area contributed by atoms with Gasteiger partial charge in [-0.25, -0.2) is 0 Å². The number of unbranched alkanes of at least 4 members (excludes halogenated alkanes) is 4. The van der Waals surface area contributed by atoms with Gasteiger partial charge in [0.2, 0.25) is 0 Å². The molecule has 180 valence electrons. The molecule has 2 rings (SSSR count). The standard InChI is InChI=1S/C26H40O4S2/c1-5-9-15-27-21-19-31-23(25(21)29-17-11-7-3)13-14-24-26(30-18-12-8-4)22(20-32-24)28-16-10-6-2/h13-14,19-20H,5-12,15-18H2,1-4H3/b14-13+. The van der Waals surface area contributed by atoms with Gasteiger partial charge in [0.15, 0.2) is 23.0 Å². The molecule has 2 aromatic heterocycles. The molecule has 2 aromatic rings. The van der Waals surface area contributed by atoms with Gasteiger partial charge < -0.3 is 18.9 Å². The third-order valence-corrected chi connectivity index (χ3v) is 6.68. The third kappa shape index (κ3) is 8.70. The SMILES string of the molecule is CCCCOc1csc(/C=C/c2scc(OCCCC)c2OCCCC)c1OCCCC. The molecular formula is C26H40O4S2. The van der Waals surface area contributed by atoms with E-state index < -0.39 is 0 Å². The third-order valence-electron chi connectivity index (χ3n) is 4.87. The second-order valence-electron chi connectivity index (χ2n) is 7.73. The predicted octanol–water partition coefficient (Wildman–Crippen LogP) is 8.70. The smallest absolute Gasteiger partial charge is 0.179 e. The van der Waals surface area contributed by atoms with Crippen LogP contribution in [-0.4, -0.2) is 26.4 Å². The van der Waals surface area contributed by atoms with Gasteiger partial charge in [0, 0.05) is 10.8 Å². The lowest BCUT2D eigenvalue weighted by atomic mass is 10.3. The summed E-state index contributed by atoms with van der Waals surface area (Å²) in [5.41, 5.74) is 0. The summed E-state index contributed by atoms with van der Waals surface area (Å²) in [6.07, 6.45) is 12.8. The minimum absolute atomic E-state index is 0.706. The van der Waals surface area contributed by atoms with Crippen LogP contribution in [0.4, 0.5) is 0 Å². The molecule has 4 nitrogen and oxygen atoms in total. The van der Waals surface area contributed by atoms with Crippen LogP contribution in [0.3, 0.4) is 0 Å². The van der Waals surface area contributed by atoms with Gasteiger partial charge in [0.25, 0.3) is 0 Å². The Morgan fingerprint density at radius 1 is 0.562 bits per heavy atom. The largest absolute Gasteiger partial charge is 0.489 e. The average Bonchev–Trinajstić information content (AvgIpc) is 3.37. The molecule has 0 N–H and O–H groups in total. The summed E-state index contributed by atoms with van der Waals surface area (Å²) >= 11 is 3.32. The first-order valence-electron chi connectivity index (χ1n) is 12.2. The van der Waals surface area contributed by atoms with E-state index in [9.17, 15) is 0 Å². The number of rotatable bonds is 18. The second-order valence-corrected chi connectivity index (χ2v) is 9.55. The molecule has 0 aromatic carbocycles. The molecule has 0 aliphatic carbocycles. The second kappa shape index (κ2) is 16.0. The molecule has 0 unspecified atom stereocenters. The van der Waals surface area contributed by atoms with E-state index in [1.54, 1.807) is 22.7 Å². The number of hydrogen-bond acceptors (Lipinski definition) is 6. The normalized spacial score (nSPS) is 11.2. The van der Waals surface area contributed by atoms with Crippen molar-refractivity contribution in [3.8, 4) is 23.0 Å². The molecule has 0 saturated heterocycles. The zero-order valence-electron chi connectivity index (χ0n) is 20.2. The summed E-state index contributed by atoms with van der Waals surface area (Å²) in [4.78, 5) is 2.16. The molecule has 0 bridgehead atoms. The van der Waals surface area contributed by atoms with Crippen LogP contribution in [0.2, 0.25) is 0 Å². The quantitative estimate of drug-likeness (QED) is 0.200. The first kappa shape index (κ1) is 26.6. The predicted molar refractivity (Wildman–Crippen MR) is 139 cm³/mol. The van der Waals surface area contributed by atoms with Crippen LogP contribution < -0.4 is 18.9 Å². The van der Waals surface area contributed by atoms with Crippen molar-refractivity contribution >= 4 is 34.8 Å². The lowest BCUT2D eigenvalue weighted by Crippen LogP contribution is -2.01. The monoisotopic (exact) mass is 480 g/mol. The van der Waals surface area contributed by atoms with Crippen LogP contribution in [0.15, 0.2) is 10.8 Å². The summed E-state index contributed by atoms with van der Waals surface area (Å²) in [6.45, 7) is 11.5. The molecule has 0 amide bonds. The van der Waals surface area contributed by atoms with Gasteiger partial charge >= 0.3 is 0 Å². The Morgan fingerprint density at radius 3 is 1.25 bits per heavy atom. The highest BCUT2D eigenvalue weighted by molar-refractivity contribution is 7.12. The van der Waals surface area contributed by atoms with Crippen molar-refractivity contribution in [3.05, 3.63) is 20.5 Å². The minimum atomic E-state index is 0.706. The molecule has 0 spiro atoms. The Kier molecular flexibility index (Phi) is 13.3. The topological polar surface area (TPSA) is 36.9 Å². The van der Waals surface area contributed by atoms with E-state index in [1.165, 1.54) is 0 Å². The van der Waals surface area contributed by atoms with Gasteiger partial charge in [-0.05, 0) is 37.8 Å². The average molecular weight is 481 g/mol. The van der Waals surface area contributed by atoms with Gasteiger partial charge in [-0.15, -0.1) is 22.7 Å². The fourth-order valence-electron chi connectivity index (χ4n) is 2.85. The summed E-state index contributed by atoms with van der Waals surface area (Å²) in [5.74, 6) is 3.43. The fourth-order valence-corrected chi connectivity index (χ4v) is 4.49. The Bertz CT molecular complexity index is 715. The Labute approximate surface area is 202 Å². The molecule has 2 heterocycles. The Hall–Kier alpha value is -1.66. The maximum Gasteiger partial charge on any atom is 0.179 e. The van der Waals surface area contributed by atoms with E-state index in [0.29, 0.717) is 13.2 Å². The molecule has 32 heavy (non-hydrogen) atoms. The minimum Gasteiger partial charge on any atom is -0.489 e. The molecule has 0 saturated carbocycles.